The fourth-order valence-corrected chi connectivity index (χ4v) is 5.74. The molecule has 0 spiro atoms. The number of rotatable bonds is 14. The second kappa shape index (κ2) is 13.6. The summed E-state index contributed by atoms with van der Waals surface area (Å²) in [5, 5.41) is 0.739. The number of thioether (sulfide) groups is 2. The highest BCUT2D eigenvalue weighted by molar-refractivity contribution is 8.02. The number of carbonyl (C=O) groups excluding carboxylic acids is 1. The maximum Gasteiger partial charge on any atom is 0.344 e. The van der Waals surface area contributed by atoms with Crippen molar-refractivity contribution in [1.82, 2.24) is 4.98 Å². The molecule has 3 aromatic heterocycles. The third-order valence-electron chi connectivity index (χ3n) is 6.41. The third kappa shape index (κ3) is 8.83. The maximum absolute atomic E-state index is 12.6. The lowest BCUT2D eigenvalue weighted by atomic mass is 9.72. The lowest BCUT2D eigenvalue weighted by Crippen LogP contribution is -2.35. The van der Waals surface area contributed by atoms with Gasteiger partial charge < -0.3 is 18.3 Å². The molecular formula is C29H39NO6S2. The Bertz CT molecular complexity index is 1230. The van der Waals surface area contributed by atoms with Crippen LogP contribution in [0.25, 0.3) is 22.1 Å². The Labute approximate surface area is 233 Å². The van der Waals surface area contributed by atoms with Crippen LogP contribution in [0.5, 0.6) is 5.88 Å². The van der Waals surface area contributed by atoms with Gasteiger partial charge in [0.25, 0.3) is 0 Å². The largest absolute Gasteiger partial charge is 0.477 e. The minimum absolute atomic E-state index is 0.108. The van der Waals surface area contributed by atoms with E-state index >= 15 is 0 Å². The van der Waals surface area contributed by atoms with Crippen LogP contribution in [0.1, 0.15) is 48.0 Å². The molecule has 208 valence electrons. The lowest BCUT2D eigenvalue weighted by molar-refractivity contribution is -0.156. The standard InChI is InChI=1S/C29H39NO6S2/c1-20(17-28(2,3)4)29(5,6)27(32)35-10-12-38-14-13-37-11-9-34-25-16-22-15-23(21-7-8-33-19-21)26(31)36-24(22)18-30-25/h7-8,15-16,18-20H,9-14,17H2,1-6H3. The molecule has 0 saturated heterocycles. The van der Waals surface area contributed by atoms with Gasteiger partial charge in [-0.15, -0.1) is 0 Å². The van der Waals surface area contributed by atoms with Crippen LogP contribution in [0.3, 0.4) is 0 Å². The zero-order valence-electron chi connectivity index (χ0n) is 23.2. The van der Waals surface area contributed by atoms with Crippen molar-refractivity contribution in [3.63, 3.8) is 0 Å². The van der Waals surface area contributed by atoms with Gasteiger partial charge in [-0.25, -0.2) is 9.78 Å². The summed E-state index contributed by atoms with van der Waals surface area (Å²) in [7, 11) is 0. The first-order valence-corrected chi connectivity index (χ1v) is 15.2. The molecule has 0 saturated carbocycles. The number of carbonyl (C=O) groups is 1. The first-order chi connectivity index (χ1) is 18.0. The highest BCUT2D eigenvalue weighted by atomic mass is 32.2. The van der Waals surface area contributed by atoms with Gasteiger partial charge in [0, 0.05) is 40.0 Å². The number of furan rings is 1. The molecule has 0 bridgehead atoms. The maximum atomic E-state index is 12.6. The minimum Gasteiger partial charge on any atom is -0.477 e. The van der Waals surface area contributed by atoms with Gasteiger partial charge in [0.2, 0.25) is 5.88 Å². The van der Waals surface area contributed by atoms with Crippen LogP contribution in [0.15, 0.2) is 50.6 Å². The zero-order valence-corrected chi connectivity index (χ0v) is 24.8. The lowest BCUT2D eigenvalue weighted by Gasteiger charge is -2.33. The van der Waals surface area contributed by atoms with Crippen molar-refractivity contribution in [2.24, 2.45) is 16.7 Å². The van der Waals surface area contributed by atoms with E-state index in [1.54, 1.807) is 41.7 Å². The van der Waals surface area contributed by atoms with E-state index in [4.69, 9.17) is 18.3 Å². The Balaban J connectivity index is 1.30. The first-order valence-electron chi connectivity index (χ1n) is 12.9. The monoisotopic (exact) mass is 561 g/mol. The highest BCUT2D eigenvalue weighted by Gasteiger charge is 2.37. The van der Waals surface area contributed by atoms with Crippen molar-refractivity contribution in [3.8, 4) is 17.0 Å². The molecule has 0 fully saturated rings. The van der Waals surface area contributed by atoms with Crippen LogP contribution in [0.2, 0.25) is 0 Å². The van der Waals surface area contributed by atoms with Gasteiger partial charge in [-0.05, 0) is 43.7 Å². The number of aromatic nitrogens is 1. The van der Waals surface area contributed by atoms with E-state index in [-0.39, 0.29) is 17.3 Å². The van der Waals surface area contributed by atoms with Gasteiger partial charge in [-0.3, -0.25) is 4.79 Å². The molecule has 7 nitrogen and oxygen atoms in total. The van der Waals surface area contributed by atoms with E-state index in [1.807, 2.05) is 13.8 Å². The quantitative estimate of drug-likeness (QED) is 0.153. The van der Waals surface area contributed by atoms with Crippen LogP contribution in [-0.2, 0) is 9.53 Å². The molecule has 0 aliphatic rings. The summed E-state index contributed by atoms with van der Waals surface area (Å²) in [5.74, 6) is 4.23. The predicted molar refractivity (Wildman–Crippen MR) is 156 cm³/mol. The molecule has 3 rings (SSSR count). The second-order valence-electron chi connectivity index (χ2n) is 11.1. The van der Waals surface area contributed by atoms with Crippen molar-refractivity contribution < 1.29 is 23.1 Å². The van der Waals surface area contributed by atoms with Gasteiger partial charge >= 0.3 is 11.6 Å². The van der Waals surface area contributed by atoms with Crippen molar-refractivity contribution in [2.75, 3.05) is 36.2 Å². The Morgan fingerprint density at radius 2 is 1.76 bits per heavy atom. The van der Waals surface area contributed by atoms with Crippen LogP contribution < -0.4 is 10.4 Å². The summed E-state index contributed by atoms with van der Waals surface area (Å²) < 4.78 is 21.8. The van der Waals surface area contributed by atoms with Gasteiger partial charge in [0.15, 0.2) is 5.58 Å². The molecule has 38 heavy (non-hydrogen) atoms. The van der Waals surface area contributed by atoms with Crippen LogP contribution in [0.4, 0.5) is 0 Å². The van der Waals surface area contributed by atoms with Crippen LogP contribution in [-0.4, -0.2) is 47.2 Å². The van der Waals surface area contributed by atoms with Gasteiger partial charge in [0.1, 0.15) is 6.61 Å². The van der Waals surface area contributed by atoms with Gasteiger partial charge in [-0.1, -0.05) is 27.7 Å². The van der Waals surface area contributed by atoms with Crippen molar-refractivity contribution >= 4 is 40.5 Å². The Kier molecular flexibility index (Phi) is 10.8. The smallest absolute Gasteiger partial charge is 0.344 e. The molecule has 1 atom stereocenters. The fraction of sp³-hybridized carbons (Fsp3) is 0.552. The number of esters is 1. The molecule has 0 N–H and O–H groups in total. The SMILES string of the molecule is CC(CC(C)(C)C)C(C)(C)C(=O)OCCSCCSCCOc1cc2cc(-c3ccoc3)c(=O)oc2cn1. The minimum atomic E-state index is -0.483. The molecule has 0 aliphatic heterocycles. The second-order valence-corrected chi connectivity index (χ2v) is 13.6. The zero-order chi connectivity index (χ0) is 27.8. The highest BCUT2D eigenvalue weighted by Crippen LogP contribution is 2.37. The summed E-state index contributed by atoms with van der Waals surface area (Å²) in [6.07, 6.45) is 5.51. The molecular weight excluding hydrogens is 522 g/mol. The predicted octanol–water partition coefficient (Wildman–Crippen LogP) is 6.93. The number of hydrogen-bond donors (Lipinski definition) is 0. The topological polar surface area (TPSA) is 91.8 Å². The summed E-state index contributed by atoms with van der Waals surface area (Å²) in [6, 6.07) is 5.25. The molecule has 3 heterocycles. The average molecular weight is 562 g/mol. The van der Waals surface area contributed by atoms with E-state index in [9.17, 15) is 9.59 Å². The normalized spacial score (nSPS) is 13.0. The molecule has 0 radical (unpaired) electrons. The Morgan fingerprint density at radius 3 is 2.42 bits per heavy atom. The van der Waals surface area contributed by atoms with Gasteiger partial charge in [0.05, 0.1) is 36.3 Å². The van der Waals surface area contributed by atoms with Gasteiger partial charge in [-0.2, -0.15) is 23.5 Å². The molecule has 1 unspecified atom stereocenters. The first kappa shape index (κ1) is 30.2. The number of nitrogens with zero attached hydrogens (tertiary/aromatic N) is 1. The average Bonchev–Trinajstić information content (AvgIpc) is 3.38. The number of hydrogen-bond acceptors (Lipinski definition) is 9. The molecule has 3 aromatic rings. The number of pyridine rings is 1. The van der Waals surface area contributed by atoms with E-state index in [1.165, 1.54) is 18.7 Å². The summed E-state index contributed by atoms with van der Waals surface area (Å²) in [6.45, 7) is 13.7. The molecule has 0 aromatic carbocycles. The van der Waals surface area contributed by atoms with Crippen LogP contribution in [0, 0.1) is 16.7 Å². The van der Waals surface area contributed by atoms with Crippen LogP contribution >= 0.6 is 23.5 Å². The van der Waals surface area contributed by atoms with E-state index < -0.39 is 11.0 Å². The third-order valence-corrected chi connectivity index (χ3v) is 8.57. The summed E-state index contributed by atoms with van der Waals surface area (Å²) in [4.78, 5) is 29.0. The molecule has 9 heteroatoms. The van der Waals surface area contributed by atoms with Crippen molar-refractivity contribution in [1.29, 1.82) is 0 Å². The van der Waals surface area contributed by atoms with E-state index in [0.29, 0.717) is 35.8 Å². The Morgan fingerprint density at radius 1 is 1.05 bits per heavy atom. The van der Waals surface area contributed by atoms with Crippen molar-refractivity contribution in [3.05, 3.63) is 47.3 Å². The Hall–Kier alpha value is -2.39. The molecule has 0 amide bonds. The molecule has 0 aliphatic carbocycles. The fourth-order valence-electron chi connectivity index (χ4n) is 3.98. The summed E-state index contributed by atoms with van der Waals surface area (Å²) >= 11 is 3.59. The number of ether oxygens (including phenoxy) is 2. The number of fused-ring (bicyclic) bond motifs is 1. The van der Waals surface area contributed by atoms with Crippen molar-refractivity contribution in [2.45, 2.75) is 48.0 Å². The summed E-state index contributed by atoms with van der Waals surface area (Å²) in [5.41, 5.74) is 0.785. The van der Waals surface area contributed by atoms with E-state index in [0.717, 1.165) is 34.8 Å². The van der Waals surface area contributed by atoms with E-state index in [2.05, 4.69) is 32.7 Å².